The fourth-order valence-electron chi connectivity index (χ4n) is 3.72. The second-order valence-electron chi connectivity index (χ2n) is 8.30. The first-order chi connectivity index (χ1) is 16.8. The molecule has 0 spiro atoms. The fraction of sp³-hybridized carbons (Fsp3) is 0.269. The summed E-state index contributed by atoms with van der Waals surface area (Å²) < 4.78 is 1.01. The largest absolute Gasteiger partial charge is 0.339 e. The van der Waals surface area contributed by atoms with Gasteiger partial charge in [0.25, 0.3) is 5.91 Å². The van der Waals surface area contributed by atoms with Crippen LogP contribution in [0.3, 0.4) is 0 Å². The molecule has 2 heterocycles. The quantitative estimate of drug-likeness (QED) is 0.398. The molecule has 2 amide bonds. The summed E-state index contributed by atoms with van der Waals surface area (Å²) in [7, 11) is 0. The van der Waals surface area contributed by atoms with Gasteiger partial charge in [-0.1, -0.05) is 60.0 Å². The van der Waals surface area contributed by atoms with Gasteiger partial charge in [-0.15, -0.1) is 11.6 Å². The molecule has 35 heavy (non-hydrogen) atoms. The number of benzene rings is 2. The molecular weight excluding hydrogens is 500 g/mol. The number of nitrogens with one attached hydrogen (secondary N) is 1. The minimum absolute atomic E-state index is 0.00167. The van der Waals surface area contributed by atoms with E-state index < -0.39 is 0 Å². The van der Waals surface area contributed by atoms with Crippen molar-refractivity contribution in [2.24, 2.45) is 0 Å². The number of piperazine rings is 1. The van der Waals surface area contributed by atoms with Gasteiger partial charge in [0.1, 0.15) is 0 Å². The first kappa shape index (κ1) is 25.3. The van der Waals surface area contributed by atoms with E-state index in [0.29, 0.717) is 37.6 Å². The van der Waals surface area contributed by atoms with Gasteiger partial charge in [-0.2, -0.15) is 0 Å². The average Bonchev–Trinajstić information content (AvgIpc) is 3.31. The van der Waals surface area contributed by atoms with E-state index in [0.717, 1.165) is 36.6 Å². The van der Waals surface area contributed by atoms with Crippen LogP contribution in [-0.2, 0) is 10.7 Å². The number of hydrogen-bond donors (Lipinski definition) is 1. The number of hydrogen-bond acceptors (Lipinski definition) is 6. The molecule has 0 bridgehead atoms. The minimum atomic E-state index is -0.00167. The van der Waals surface area contributed by atoms with Crippen LogP contribution in [0.4, 0.5) is 5.13 Å². The lowest BCUT2D eigenvalue weighted by atomic mass is 10.1. The van der Waals surface area contributed by atoms with E-state index >= 15 is 0 Å². The third-order valence-electron chi connectivity index (χ3n) is 5.86. The van der Waals surface area contributed by atoms with Gasteiger partial charge in [-0.25, -0.2) is 4.98 Å². The molecule has 1 N–H and O–H groups in total. The summed E-state index contributed by atoms with van der Waals surface area (Å²) in [6, 6.07) is 13.7. The highest BCUT2D eigenvalue weighted by Gasteiger charge is 2.23. The molecule has 3 aromatic rings. The van der Waals surface area contributed by atoms with Crippen LogP contribution < -0.4 is 5.32 Å². The molecule has 0 unspecified atom stereocenters. The van der Waals surface area contributed by atoms with Crippen LogP contribution in [0.5, 0.6) is 0 Å². The lowest BCUT2D eigenvalue weighted by Crippen LogP contribution is -2.50. The second kappa shape index (κ2) is 11.3. The maximum Gasteiger partial charge on any atom is 0.254 e. The molecule has 1 aliphatic heterocycles. The summed E-state index contributed by atoms with van der Waals surface area (Å²) in [5, 5.41) is 4.04. The summed E-state index contributed by atoms with van der Waals surface area (Å²) >= 11 is 9.00. The zero-order valence-electron chi connectivity index (χ0n) is 19.7. The van der Waals surface area contributed by atoms with E-state index in [2.05, 4.69) is 16.9 Å². The Balaban J connectivity index is 1.40. The van der Waals surface area contributed by atoms with Crippen molar-refractivity contribution in [2.45, 2.75) is 28.8 Å². The Labute approximate surface area is 219 Å². The Morgan fingerprint density at radius 2 is 1.74 bits per heavy atom. The number of rotatable bonds is 7. The maximum atomic E-state index is 13.1. The standard InChI is InChI=1S/C26H27ClN4O2S2/c1-17-4-7-22(25(33)31-12-10-30(11-13-31)19(3)32)14-23(17)34-24-16-28-26(35-24)29-18(2)21-8-5-20(15-27)6-9-21/h4-9,14,16H,2,10-13,15H2,1,3H3,(H,28,29). The number of nitrogens with zero attached hydrogens (tertiary/aromatic N) is 3. The van der Waals surface area contributed by atoms with Crippen LogP contribution >= 0.6 is 34.7 Å². The molecule has 6 nitrogen and oxygen atoms in total. The number of anilines is 1. The zero-order chi connectivity index (χ0) is 24.9. The summed E-state index contributed by atoms with van der Waals surface area (Å²) in [6.45, 7) is 9.99. The molecule has 9 heteroatoms. The van der Waals surface area contributed by atoms with Gasteiger partial charge in [-0.3, -0.25) is 9.59 Å². The van der Waals surface area contributed by atoms with Crippen LogP contribution in [0.2, 0.25) is 0 Å². The summed E-state index contributed by atoms with van der Waals surface area (Å²) in [5.41, 5.74) is 4.57. The topological polar surface area (TPSA) is 65.5 Å². The molecule has 1 fully saturated rings. The SMILES string of the molecule is C=C(Nc1ncc(Sc2cc(C(=O)N3CCN(C(C)=O)CC3)ccc2C)s1)c1ccc(CCl)cc1. The van der Waals surface area contributed by atoms with E-state index in [1.165, 1.54) is 11.3 Å². The van der Waals surface area contributed by atoms with E-state index in [9.17, 15) is 9.59 Å². The monoisotopic (exact) mass is 526 g/mol. The molecule has 182 valence electrons. The minimum Gasteiger partial charge on any atom is -0.339 e. The van der Waals surface area contributed by atoms with Gasteiger partial charge in [0.05, 0.1) is 10.4 Å². The number of carbonyl (C=O) groups excluding carboxylic acids is 2. The molecule has 0 atom stereocenters. The molecule has 0 saturated carbocycles. The fourth-order valence-corrected chi connectivity index (χ4v) is 5.88. The van der Waals surface area contributed by atoms with E-state index in [4.69, 9.17) is 11.6 Å². The predicted molar refractivity (Wildman–Crippen MR) is 144 cm³/mol. The number of alkyl halides is 1. The predicted octanol–water partition coefficient (Wildman–Crippen LogP) is 5.73. The van der Waals surface area contributed by atoms with Gasteiger partial charge in [0.15, 0.2) is 5.13 Å². The van der Waals surface area contributed by atoms with E-state index in [1.807, 2.05) is 60.5 Å². The highest BCUT2D eigenvalue weighted by molar-refractivity contribution is 8.01. The maximum absolute atomic E-state index is 13.1. The van der Waals surface area contributed by atoms with Crippen molar-refractivity contribution in [3.05, 3.63) is 77.5 Å². The van der Waals surface area contributed by atoms with Crippen LogP contribution in [0, 0.1) is 6.92 Å². The number of amides is 2. The third-order valence-corrected chi connectivity index (χ3v) is 8.34. The normalized spacial score (nSPS) is 13.6. The van der Waals surface area contributed by atoms with Gasteiger partial charge in [-0.05, 0) is 35.7 Å². The van der Waals surface area contributed by atoms with Gasteiger partial charge >= 0.3 is 0 Å². The summed E-state index contributed by atoms with van der Waals surface area (Å²) in [4.78, 5) is 33.7. The zero-order valence-corrected chi connectivity index (χ0v) is 22.1. The molecule has 4 rings (SSSR count). The number of aryl methyl sites for hydroxylation is 1. The Hall–Kier alpha value is -2.81. The van der Waals surface area contributed by atoms with Crippen molar-refractivity contribution in [1.82, 2.24) is 14.8 Å². The van der Waals surface area contributed by atoms with Gasteiger partial charge in [0.2, 0.25) is 5.91 Å². The van der Waals surface area contributed by atoms with Crippen LogP contribution in [0.25, 0.3) is 5.70 Å². The molecule has 1 aromatic heterocycles. The smallest absolute Gasteiger partial charge is 0.254 e. The first-order valence-corrected chi connectivity index (χ1v) is 13.4. The first-order valence-electron chi connectivity index (χ1n) is 11.2. The molecular formula is C26H27ClN4O2S2. The Morgan fingerprint density at radius 3 is 2.40 bits per heavy atom. The van der Waals surface area contributed by atoms with Crippen LogP contribution in [0.15, 0.2) is 64.3 Å². The Morgan fingerprint density at radius 1 is 1.09 bits per heavy atom. The molecule has 0 radical (unpaired) electrons. The lowest BCUT2D eigenvalue weighted by Gasteiger charge is -2.34. The Bertz CT molecular complexity index is 1230. The van der Waals surface area contributed by atoms with Crippen molar-refractivity contribution in [3.63, 3.8) is 0 Å². The highest BCUT2D eigenvalue weighted by Crippen LogP contribution is 2.37. The lowest BCUT2D eigenvalue weighted by molar-refractivity contribution is -0.130. The number of halogens is 1. The molecule has 1 saturated heterocycles. The number of aromatic nitrogens is 1. The van der Waals surface area contributed by atoms with E-state index in [-0.39, 0.29) is 11.8 Å². The van der Waals surface area contributed by atoms with Crippen molar-refractivity contribution in [3.8, 4) is 0 Å². The van der Waals surface area contributed by atoms with Crippen molar-refractivity contribution in [1.29, 1.82) is 0 Å². The molecule has 2 aromatic carbocycles. The van der Waals surface area contributed by atoms with Gasteiger partial charge < -0.3 is 15.1 Å². The summed E-state index contributed by atoms with van der Waals surface area (Å²) in [5.74, 6) is 0.534. The van der Waals surface area contributed by atoms with Crippen LogP contribution in [0.1, 0.15) is 34.0 Å². The van der Waals surface area contributed by atoms with Crippen molar-refractivity contribution >= 4 is 57.3 Å². The molecule has 0 aliphatic carbocycles. The Kier molecular flexibility index (Phi) is 8.15. The second-order valence-corrected chi connectivity index (χ2v) is 10.9. The van der Waals surface area contributed by atoms with Crippen molar-refractivity contribution in [2.75, 3.05) is 31.5 Å². The average molecular weight is 527 g/mol. The molecule has 1 aliphatic rings. The van der Waals surface area contributed by atoms with Crippen LogP contribution in [-0.4, -0.2) is 52.8 Å². The number of thiazole rings is 1. The van der Waals surface area contributed by atoms with Gasteiger partial charge in [0, 0.05) is 55.1 Å². The van der Waals surface area contributed by atoms with E-state index in [1.54, 1.807) is 23.6 Å². The number of carbonyl (C=O) groups is 2. The third kappa shape index (κ3) is 6.25. The summed E-state index contributed by atoms with van der Waals surface area (Å²) in [6.07, 6.45) is 1.83. The highest BCUT2D eigenvalue weighted by atomic mass is 35.5. The van der Waals surface area contributed by atoms with Crippen molar-refractivity contribution < 1.29 is 9.59 Å².